The molecule has 0 bridgehead atoms. The first kappa shape index (κ1) is 15.7. The third kappa shape index (κ3) is 2.30. The fourth-order valence-electron chi connectivity index (χ4n) is 2.73. The van der Waals surface area contributed by atoms with E-state index in [1.807, 2.05) is 0 Å². The molecule has 1 fully saturated rings. The fraction of sp³-hybridized carbons (Fsp3) is 0.800. The topological polar surface area (TPSA) is 208 Å². The van der Waals surface area contributed by atoms with Crippen molar-refractivity contribution in [1.82, 2.24) is 10.2 Å². The van der Waals surface area contributed by atoms with Gasteiger partial charge in [-0.25, -0.2) is 10.3 Å². The summed E-state index contributed by atoms with van der Waals surface area (Å²) < 4.78 is 5.40. The molecule has 0 radical (unpaired) electrons. The minimum Gasteiger partial charge on any atom is -0.394 e. The third-order valence-corrected chi connectivity index (χ3v) is 3.73. The molecule has 11 N–H and O–H groups in total. The van der Waals surface area contributed by atoms with E-state index in [1.54, 1.807) is 0 Å². The summed E-state index contributed by atoms with van der Waals surface area (Å²) in [7, 11) is 0. The lowest BCUT2D eigenvalue weighted by atomic mass is 10.1. The van der Waals surface area contributed by atoms with Gasteiger partial charge >= 0.3 is 0 Å². The molecule has 0 aliphatic carbocycles. The Balaban J connectivity index is 1.91. The van der Waals surface area contributed by atoms with Crippen LogP contribution in [0, 0.1) is 0 Å². The molecule has 124 valence electrons. The molecule has 12 nitrogen and oxygen atoms in total. The molecule has 0 aromatic rings. The third-order valence-electron chi connectivity index (χ3n) is 3.73. The summed E-state index contributed by atoms with van der Waals surface area (Å²) in [6.45, 7) is -0.513. The molecule has 0 aromatic heterocycles. The van der Waals surface area contributed by atoms with Crippen molar-refractivity contribution in [3.63, 3.8) is 0 Å². The Morgan fingerprint density at radius 1 is 1.32 bits per heavy atom. The van der Waals surface area contributed by atoms with Crippen molar-refractivity contribution in [2.24, 2.45) is 27.2 Å². The summed E-state index contributed by atoms with van der Waals surface area (Å²) in [6.07, 6.45) is -4.60. The van der Waals surface area contributed by atoms with Gasteiger partial charge in [-0.2, -0.15) is 0 Å². The number of hydrogen-bond donors (Lipinski definition) is 8. The molecular formula is C10H19N7O5. The van der Waals surface area contributed by atoms with Crippen molar-refractivity contribution < 1.29 is 25.2 Å². The van der Waals surface area contributed by atoms with Crippen LogP contribution in [0.1, 0.15) is 0 Å². The van der Waals surface area contributed by atoms with Gasteiger partial charge in [-0.05, 0) is 0 Å². The summed E-state index contributed by atoms with van der Waals surface area (Å²) >= 11 is 0. The van der Waals surface area contributed by atoms with Crippen LogP contribution in [-0.2, 0) is 4.74 Å². The zero-order chi connectivity index (χ0) is 16.3. The van der Waals surface area contributed by atoms with Crippen LogP contribution in [0.25, 0.3) is 0 Å². The van der Waals surface area contributed by atoms with Crippen LogP contribution >= 0.6 is 0 Å². The zero-order valence-electron chi connectivity index (χ0n) is 11.5. The summed E-state index contributed by atoms with van der Waals surface area (Å²) in [4.78, 5) is 9.38. The number of fused-ring (bicyclic) bond motifs is 1. The summed E-state index contributed by atoms with van der Waals surface area (Å²) in [5.74, 6) is -3.91. The molecule has 1 unspecified atom stereocenters. The van der Waals surface area contributed by atoms with Crippen LogP contribution in [0.2, 0.25) is 0 Å². The first-order valence-electron chi connectivity index (χ1n) is 6.59. The van der Waals surface area contributed by atoms with Crippen molar-refractivity contribution in [3.8, 4) is 0 Å². The maximum Gasteiger partial charge on any atom is 0.223 e. The van der Waals surface area contributed by atoms with E-state index in [4.69, 9.17) is 27.0 Å². The largest absolute Gasteiger partial charge is 0.394 e. The molecule has 3 aliphatic heterocycles. The molecule has 5 atom stereocenters. The van der Waals surface area contributed by atoms with Crippen molar-refractivity contribution >= 4 is 11.5 Å². The van der Waals surface area contributed by atoms with Gasteiger partial charge in [-0.3, -0.25) is 22.2 Å². The van der Waals surface area contributed by atoms with Gasteiger partial charge in [-0.1, -0.05) is 0 Å². The minimum atomic E-state index is -2.10. The van der Waals surface area contributed by atoms with Crippen LogP contribution < -0.4 is 22.5 Å². The van der Waals surface area contributed by atoms with Gasteiger partial charge in [0.1, 0.15) is 30.7 Å². The van der Waals surface area contributed by atoms with Crippen molar-refractivity contribution in [3.05, 3.63) is 0 Å². The number of aliphatic hydroxyl groups excluding tert-OH is 3. The molecule has 22 heavy (non-hydrogen) atoms. The van der Waals surface area contributed by atoms with E-state index >= 15 is 0 Å². The van der Waals surface area contributed by atoms with Gasteiger partial charge in [0.15, 0.2) is 12.1 Å². The van der Waals surface area contributed by atoms with E-state index in [1.165, 1.54) is 4.90 Å². The number of nitrogens with two attached hydrogens (primary N) is 3. The Kier molecular flexibility index (Phi) is 3.48. The van der Waals surface area contributed by atoms with Gasteiger partial charge < -0.3 is 30.1 Å². The van der Waals surface area contributed by atoms with Crippen molar-refractivity contribution in [2.75, 3.05) is 13.3 Å². The molecule has 3 heterocycles. The number of rotatable bonds is 2. The number of aliphatic imine (C=N–C) groups is 2. The molecule has 0 aromatic carbocycles. The molecular weight excluding hydrogens is 298 g/mol. The number of ether oxygens (including phenoxy) is 1. The van der Waals surface area contributed by atoms with E-state index in [9.17, 15) is 15.3 Å². The lowest BCUT2D eigenvalue weighted by Gasteiger charge is -2.39. The van der Waals surface area contributed by atoms with Gasteiger partial charge in [-0.15, -0.1) is 0 Å². The van der Waals surface area contributed by atoms with Crippen molar-refractivity contribution in [1.29, 1.82) is 0 Å². The Labute approximate surface area is 124 Å². The number of nitrogens with one attached hydrogen (secondary N) is 1. The average Bonchev–Trinajstić information content (AvgIpc) is 2.91. The Morgan fingerprint density at radius 3 is 2.59 bits per heavy atom. The van der Waals surface area contributed by atoms with Crippen LogP contribution in [0.15, 0.2) is 9.98 Å². The highest BCUT2D eigenvalue weighted by molar-refractivity contribution is 6.45. The number of amidine groups is 1. The van der Waals surface area contributed by atoms with Gasteiger partial charge in [0.05, 0.1) is 6.61 Å². The molecule has 3 aliphatic rings. The smallest absolute Gasteiger partial charge is 0.223 e. The summed E-state index contributed by atoms with van der Waals surface area (Å²) in [6, 6.07) is 0. The normalized spacial score (nSPS) is 43.9. The maximum absolute atomic E-state index is 10.1. The zero-order valence-corrected chi connectivity index (χ0v) is 11.5. The molecule has 3 rings (SSSR count). The highest BCUT2D eigenvalue weighted by atomic mass is 16.6. The van der Waals surface area contributed by atoms with E-state index in [0.717, 1.165) is 0 Å². The highest BCUT2D eigenvalue weighted by Crippen LogP contribution is 2.28. The molecule has 0 saturated carbocycles. The first-order valence-corrected chi connectivity index (χ1v) is 6.59. The Hall–Kier alpha value is -1.22. The first-order chi connectivity index (χ1) is 10.2. The predicted molar refractivity (Wildman–Crippen MR) is 72.7 cm³/mol. The van der Waals surface area contributed by atoms with Gasteiger partial charge in [0, 0.05) is 0 Å². The van der Waals surface area contributed by atoms with Crippen LogP contribution in [-0.4, -0.2) is 86.4 Å². The Morgan fingerprint density at radius 2 is 2.00 bits per heavy atom. The number of nitrogens with zero attached hydrogens (tertiary/aromatic N) is 3. The number of aliphatic hydroxyl groups is 4. The second-order valence-corrected chi connectivity index (χ2v) is 5.50. The fourth-order valence-corrected chi connectivity index (χ4v) is 2.73. The van der Waals surface area contributed by atoms with E-state index in [0.29, 0.717) is 0 Å². The molecule has 0 amide bonds. The van der Waals surface area contributed by atoms with E-state index in [2.05, 4.69) is 15.3 Å². The standard InChI is InChI=1S/C10H19N7O5/c11-9(21)6-7(15-10(12,13)16-9)17(2-14-6)8-5(20)4(19)3(1-18)22-8/h3-5,8,16,18-21H,1-2,11-13H2/t3-,4-,5-,8-,9?/m1/s1. The summed E-state index contributed by atoms with van der Waals surface area (Å²) in [5.41, 5.74) is 17.0. The lowest BCUT2D eigenvalue weighted by Crippen LogP contribution is -2.78. The van der Waals surface area contributed by atoms with Gasteiger partial charge in [0.25, 0.3) is 0 Å². The second-order valence-electron chi connectivity index (χ2n) is 5.50. The number of hydrogen-bond acceptors (Lipinski definition) is 12. The van der Waals surface area contributed by atoms with Crippen LogP contribution in [0.5, 0.6) is 0 Å². The van der Waals surface area contributed by atoms with Gasteiger partial charge in [0.2, 0.25) is 11.8 Å². The van der Waals surface area contributed by atoms with E-state index < -0.39 is 42.9 Å². The molecule has 1 saturated heterocycles. The monoisotopic (exact) mass is 317 g/mol. The SMILES string of the molecule is NC1(N)N=C2C(=NCN2[C@@H]2O[C@H](CO)[C@@H](O)[C@H]2O)C(N)(O)N1. The molecule has 0 spiro atoms. The second kappa shape index (κ2) is 4.89. The lowest BCUT2D eigenvalue weighted by molar-refractivity contribution is -0.0695. The summed E-state index contributed by atoms with van der Waals surface area (Å²) in [5, 5.41) is 41.4. The maximum atomic E-state index is 10.1. The minimum absolute atomic E-state index is 0.0169. The van der Waals surface area contributed by atoms with Crippen molar-refractivity contribution in [2.45, 2.75) is 36.3 Å². The van der Waals surface area contributed by atoms with E-state index in [-0.39, 0.29) is 18.2 Å². The van der Waals surface area contributed by atoms with Crippen LogP contribution in [0.4, 0.5) is 0 Å². The average molecular weight is 317 g/mol. The molecule has 12 heteroatoms. The Bertz CT molecular complexity index is 536. The highest BCUT2D eigenvalue weighted by Gasteiger charge is 2.52. The quantitative estimate of drug-likeness (QED) is 0.226. The van der Waals surface area contributed by atoms with Crippen LogP contribution in [0.3, 0.4) is 0 Å². The predicted octanol–water partition coefficient (Wildman–Crippen LogP) is -5.73.